The van der Waals surface area contributed by atoms with Crippen LogP contribution < -0.4 is 5.73 Å². The first-order chi connectivity index (χ1) is 4.75. The van der Waals surface area contributed by atoms with Gasteiger partial charge in [-0.25, -0.2) is 0 Å². The van der Waals surface area contributed by atoms with Crippen LogP contribution in [0.1, 0.15) is 32.1 Å². The van der Waals surface area contributed by atoms with Gasteiger partial charge in [-0.1, -0.05) is 12.8 Å². The van der Waals surface area contributed by atoms with Crippen molar-refractivity contribution in [1.82, 2.24) is 0 Å². The molecule has 1 amide bonds. The number of rotatable bonds is 1. The number of carbonyl (C=O) groups excluding carboxylic acids is 1. The molecule has 2 aliphatic carbocycles. The maximum absolute atomic E-state index is 10.7. The maximum Gasteiger partial charge on any atom is 0.221 e. The third-order valence-corrected chi connectivity index (χ3v) is 3.13. The Morgan fingerprint density at radius 3 is 2.40 bits per heavy atom. The van der Waals surface area contributed by atoms with Crippen LogP contribution in [-0.2, 0) is 4.79 Å². The Kier molecular flexibility index (Phi) is 1.08. The van der Waals surface area contributed by atoms with Crippen molar-refractivity contribution in [1.29, 1.82) is 0 Å². The van der Waals surface area contributed by atoms with Gasteiger partial charge in [0.2, 0.25) is 5.91 Å². The molecular weight excluding hydrogens is 126 g/mol. The molecule has 0 bridgehead atoms. The molecule has 0 radical (unpaired) electrons. The van der Waals surface area contributed by atoms with Crippen LogP contribution in [0, 0.1) is 11.3 Å². The molecule has 0 aromatic carbocycles. The van der Waals surface area contributed by atoms with Crippen LogP contribution in [0.3, 0.4) is 0 Å². The summed E-state index contributed by atoms with van der Waals surface area (Å²) in [4.78, 5) is 10.7. The van der Waals surface area contributed by atoms with E-state index in [0.29, 0.717) is 5.41 Å². The lowest BCUT2D eigenvalue weighted by Crippen LogP contribution is -2.17. The molecule has 56 valence electrons. The highest BCUT2D eigenvalue weighted by Crippen LogP contribution is 2.62. The molecule has 2 nitrogen and oxygen atoms in total. The zero-order chi connectivity index (χ0) is 7.19. The summed E-state index contributed by atoms with van der Waals surface area (Å²) in [7, 11) is 0. The van der Waals surface area contributed by atoms with Gasteiger partial charge in [-0.2, -0.15) is 0 Å². The second-order valence-corrected chi connectivity index (χ2v) is 3.73. The lowest BCUT2D eigenvalue weighted by Gasteiger charge is -2.03. The van der Waals surface area contributed by atoms with Gasteiger partial charge in [0, 0.05) is 5.92 Å². The Morgan fingerprint density at radius 1 is 1.40 bits per heavy atom. The average Bonchev–Trinajstić information content (AvgIpc) is 2.32. The van der Waals surface area contributed by atoms with Crippen molar-refractivity contribution in [3.63, 3.8) is 0 Å². The topological polar surface area (TPSA) is 43.1 Å². The van der Waals surface area contributed by atoms with Crippen LogP contribution in [0.4, 0.5) is 0 Å². The molecule has 10 heavy (non-hydrogen) atoms. The molecule has 1 atom stereocenters. The summed E-state index contributed by atoms with van der Waals surface area (Å²) < 4.78 is 0. The van der Waals surface area contributed by atoms with Crippen molar-refractivity contribution in [2.75, 3.05) is 0 Å². The fraction of sp³-hybridized carbons (Fsp3) is 0.875. The lowest BCUT2D eigenvalue weighted by molar-refractivity contribution is -0.119. The summed E-state index contributed by atoms with van der Waals surface area (Å²) in [6.45, 7) is 0. The first kappa shape index (κ1) is 6.20. The van der Waals surface area contributed by atoms with Gasteiger partial charge >= 0.3 is 0 Å². The third-order valence-electron chi connectivity index (χ3n) is 3.13. The predicted molar refractivity (Wildman–Crippen MR) is 38.2 cm³/mol. The number of primary amides is 1. The molecule has 0 aromatic heterocycles. The SMILES string of the molecule is NC(=O)C1CC12CCCC2. The summed E-state index contributed by atoms with van der Waals surface area (Å²) in [5.74, 6) is 0.178. The second-order valence-electron chi connectivity index (χ2n) is 3.73. The molecule has 2 aliphatic rings. The Hall–Kier alpha value is -0.530. The quantitative estimate of drug-likeness (QED) is 0.579. The highest BCUT2D eigenvalue weighted by molar-refractivity contribution is 5.80. The normalized spacial score (nSPS) is 34.6. The van der Waals surface area contributed by atoms with E-state index >= 15 is 0 Å². The molecule has 1 spiro atoms. The van der Waals surface area contributed by atoms with Crippen LogP contribution in [0.15, 0.2) is 0 Å². The van der Waals surface area contributed by atoms with Gasteiger partial charge in [0.05, 0.1) is 0 Å². The summed E-state index contributed by atoms with van der Waals surface area (Å²) in [6, 6.07) is 0. The average molecular weight is 139 g/mol. The van der Waals surface area contributed by atoms with E-state index in [9.17, 15) is 4.79 Å². The Labute approximate surface area is 60.8 Å². The van der Waals surface area contributed by atoms with Crippen molar-refractivity contribution >= 4 is 5.91 Å². The Bertz CT molecular complexity index is 170. The molecule has 2 heteroatoms. The van der Waals surface area contributed by atoms with Gasteiger partial charge in [0.15, 0.2) is 0 Å². The van der Waals surface area contributed by atoms with Crippen LogP contribution in [0.25, 0.3) is 0 Å². The third kappa shape index (κ3) is 0.678. The first-order valence-corrected chi connectivity index (χ1v) is 4.04. The van der Waals surface area contributed by atoms with E-state index < -0.39 is 0 Å². The summed E-state index contributed by atoms with van der Waals surface area (Å²) in [6.07, 6.45) is 6.21. The van der Waals surface area contributed by atoms with Crippen molar-refractivity contribution in [3.05, 3.63) is 0 Å². The number of carbonyl (C=O) groups is 1. The number of hydrogen-bond acceptors (Lipinski definition) is 1. The van der Waals surface area contributed by atoms with Crippen molar-refractivity contribution in [2.24, 2.45) is 17.1 Å². The Morgan fingerprint density at radius 2 is 2.00 bits per heavy atom. The molecule has 0 heterocycles. The van der Waals surface area contributed by atoms with Crippen LogP contribution >= 0.6 is 0 Å². The fourth-order valence-corrected chi connectivity index (χ4v) is 2.38. The molecule has 1 unspecified atom stereocenters. The minimum Gasteiger partial charge on any atom is -0.369 e. The van der Waals surface area contributed by atoms with E-state index in [2.05, 4.69) is 0 Å². The standard InChI is InChI=1S/C8H13NO/c9-7(10)6-5-8(6)3-1-2-4-8/h6H,1-5H2,(H2,9,10). The zero-order valence-electron chi connectivity index (χ0n) is 6.10. The molecule has 0 saturated heterocycles. The van der Waals surface area contributed by atoms with Crippen LogP contribution in [0.2, 0.25) is 0 Å². The number of amides is 1. The maximum atomic E-state index is 10.7. The molecule has 0 aliphatic heterocycles. The van der Waals surface area contributed by atoms with E-state index in [1.165, 1.54) is 25.7 Å². The van der Waals surface area contributed by atoms with Crippen LogP contribution in [0.5, 0.6) is 0 Å². The van der Waals surface area contributed by atoms with Gasteiger partial charge in [-0.15, -0.1) is 0 Å². The van der Waals surface area contributed by atoms with Gasteiger partial charge < -0.3 is 5.73 Å². The molecule has 2 rings (SSSR count). The predicted octanol–water partition coefficient (Wildman–Crippen LogP) is 1.05. The minimum atomic E-state index is -0.0677. The largest absolute Gasteiger partial charge is 0.369 e. The molecular formula is C8H13NO. The zero-order valence-corrected chi connectivity index (χ0v) is 6.10. The van der Waals surface area contributed by atoms with E-state index in [0.717, 1.165) is 6.42 Å². The van der Waals surface area contributed by atoms with Gasteiger partial charge in [-0.3, -0.25) is 4.79 Å². The highest BCUT2D eigenvalue weighted by Gasteiger charge is 2.57. The van der Waals surface area contributed by atoms with E-state index in [1.54, 1.807) is 0 Å². The summed E-state index contributed by atoms with van der Waals surface area (Å²) >= 11 is 0. The molecule has 0 aromatic rings. The van der Waals surface area contributed by atoms with Gasteiger partial charge in [-0.05, 0) is 24.7 Å². The smallest absolute Gasteiger partial charge is 0.221 e. The second kappa shape index (κ2) is 1.74. The van der Waals surface area contributed by atoms with E-state index in [4.69, 9.17) is 5.73 Å². The van der Waals surface area contributed by atoms with Crippen molar-refractivity contribution in [2.45, 2.75) is 32.1 Å². The lowest BCUT2D eigenvalue weighted by atomic mass is 10.0. The number of hydrogen-bond donors (Lipinski definition) is 1. The first-order valence-electron chi connectivity index (χ1n) is 4.04. The fourth-order valence-electron chi connectivity index (χ4n) is 2.38. The molecule has 2 fully saturated rings. The highest BCUT2D eigenvalue weighted by atomic mass is 16.1. The summed E-state index contributed by atoms with van der Waals surface area (Å²) in [5, 5.41) is 0. The van der Waals surface area contributed by atoms with Crippen LogP contribution in [-0.4, -0.2) is 5.91 Å². The monoisotopic (exact) mass is 139 g/mol. The van der Waals surface area contributed by atoms with Crippen molar-refractivity contribution in [3.8, 4) is 0 Å². The van der Waals surface area contributed by atoms with E-state index in [1.807, 2.05) is 0 Å². The van der Waals surface area contributed by atoms with E-state index in [-0.39, 0.29) is 11.8 Å². The number of nitrogens with two attached hydrogens (primary N) is 1. The van der Waals surface area contributed by atoms with Gasteiger partial charge in [0.25, 0.3) is 0 Å². The summed E-state index contributed by atoms with van der Waals surface area (Å²) in [5.41, 5.74) is 5.62. The van der Waals surface area contributed by atoms with Gasteiger partial charge in [0.1, 0.15) is 0 Å². The van der Waals surface area contributed by atoms with Crippen molar-refractivity contribution < 1.29 is 4.79 Å². The molecule has 2 saturated carbocycles. The minimum absolute atomic E-state index is 0.0677. The Balaban J connectivity index is 2.04. The molecule has 2 N–H and O–H groups in total.